The number of aromatic nitrogens is 2. The summed E-state index contributed by atoms with van der Waals surface area (Å²) >= 11 is 7.14. The smallest absolute Gasteiger partial charge is 0.161 e. The van der Waals surface area contributed by atoms with E-state index < -0.39 is 17.5 Å². The lowest BCUT2D eigenvalue weighted by Gasteiger charge is -2.03. The average Bonchev–Trinajstić information content (AvgIpc) is 3.00. The van der Waals surface area contributed by atoms with E-state index in [9.17, 15) is 13.2 Å². The summed E-state index contributed by atoms with van der Waals surface area (Å²) in [5.41, 5.74) is 6.93. The molecule has 0 unspecified atom stereocenters. The van der Waals surface area contributed by atoms with Gasteiger partial charge in [-0.3, -0.25) is 0 Å². The van der Waals surface area contributed by atoms with Crippen molar-refractivity contribution in [1.29, 1.82) is 0 Å². The van der Waals surface area contributed by atoms with Crippen LogP contribution in [0.5, 0.6) is 0 Å². The molecular formula is C13H7ClF3N3S. The van der Waals surface area contributed by atoms with Crippen molar-refractivity contribution in [3.05, 3.63) is 51.6 Å². The molecule has 8 heteroatoms. The first-order chi connectivity index (χ1) is 9.95. The van der Waals surface area contributed by atoms with Crippen molar-refractivity contribution < 1.29 is 13.2 Å². The lowest BCUT2D eigenvalue weighted by molar-refractivity contribution is 0.491. The highest BCUT2D eigenvalue weighted by atomic mass is 35.5. The van der Waals surface area contributed by atoms with Gasteiger partial charge in [0.1, 0.15) is 11.4 Å². The summed E-state index contributed by atoms with van der Waals surface area (Å²) < 4.78 is 41.5. The quantitative estimate of drug-likeness (QED) is 0.714. The zero-order chi connectivity index (χ0) is 15.1. The second-order valence-electron chi connectivity index (χ2n) is 4.23. The highest BCUT2D eigenvalue weighted by Crippen LogP contribution is 2.32. The van der Waals surface area contributed by atoms with E-state index in [1.54, 1.807) is 11.4 Å². The van der Waals surface area contributed by atoms with Crippen LogP contribution in [0.25, 0.3) is 16.9 Å². The zero-order valence-electron chi connectivity index (χ0n) is 10.3. The van der Waals surface area contributed by atoms with Gasteiger partial charge in [-0.2, -0.15) is 5.10 Å². The van der Waals surface area contributed by atoms with Crippen LogP contribution in [0.2, 0.25) is 4.34 Å². The standard InChI is InChI=1S/C13H7ClF3N3S/c14-12-1-6(5-21-12)13-10(18)4-20(19-13)11-3-8(16)7(15)2-9(11)17/h1-5H,18H2. The lowest BCUT2D eigenvalue weighted by atomic mass is 10.2. The molecule has 1 aromatic carbocycles. The molecule has 3 rings (SSSR count). The Balaban J connectivity index is 2.11. The molecule has 0 aliphatic carbocycles. The van der Waals surface area contributed by atoms with E-state index in [0.29, 0.717) is 21.7 Å². The molecule has 0 atom stereocenters. The molecular weight excluding hydrogens is 323 g/mol. The van der Waals surface area contributed by atoms with Crippen molar-refractivity contribution in [2.45, 2.75) is 0 Å². The van der Waals surface area contributed by atoms with Gasteiger partial charge in [0.15, 0.2) is 17.5 Å². The lowest BCUT2D eigenvalue weighted by Crippen LogP contribution is -2.01. The molecule has 0 saturated carbocycles. The number of halogens is 4. The van der Waals surface area contributed by atoms with Crippen LogP contribution >= 0.6 is 22.9 Å². The molecule has 2 aromatic heterocycles. The summed E-state index contributed by atoms with van der Waals surface area (Å²) in [5.74, 6) is -3.37. The monoisotopic (exact) mass is 329 g/mol. The maximum absolute atomic E-state index is 13.7. The fourth-order valence-electron chi connectivity index (χ4n) is 1.86. The number of benzene rings is 1. The third kappa shape index (κ3) is 2.50. The molecule has 0 bridgehead atoms. The molecule has 0 saturated heterocycles. The normalized spacial score (nSPS) is 11.0. The molecule has 2 N–H and O–H groups in total. The van der Waals surface area contributed by atoms with Crippen molar-refractivity contribution in [3.63, 3.8) is 0 Å². The number of nitrogens with zero attached hydrogens (tertiary/aromatic N) is 2. The second-order valence-corrected chi connectivity index (χ2v) is 5.78. The summed E-state index contributed by atoms with van der Waals surface area (Å²) in [5, 5.41) is 5.85. The van der Waals surface area contributed by atoms with Gasteiger partial charge in [0.25, 0.3) is 0 Å². The Morgan fingerprint density at radius 3 is 2.48 bits per heavy atom. The van der Waals surface area contributed by atoms with Gasteiger partial charge >= 0.3 is 0 Å². The van der Waals surface area contributed by atoms with Crippen LogP contribution in [0.4, 0.5) is 18.9 Å². The predicted octanol–water partition coefficient (Wildman–Crippen LogP) is 4.25. The average molecular weight is 330 g/mol. The molecule has 3 aromatic rings. The van der Waals surface area contributed by atoms with Gasteiger partial charge < -0.3 is 5.73 Å². The van der Waals surface area contributed by atoms with E-state index in [1.165, 1.54) is 17.5 Å². The minimum absolute atomic E-state index is 0.229. The van der Waals surface area contributed by atoms with Crippen molar-refractivity contribution in [3.8, 4) is 16.9 Å². The maximum Gasteiger partial charge on any atom is 0.161 e. The first kappa shape index (κ1) is 14.0. The molecule has 0 aliphatic heterocycles. The zero-order valence-corrected chi connectivity index (χ0v) is 11.9. The molecule has 0 fully saturated rings. The summed E-state index contributed by atoms with van der Waals surface area (Å²) in [7, 11) is 0. The van der Waals surface area contributed by atoms with Gasteiger partial charge in [-0.05, 0) is 6.07 Å². The Bertz CT molecular complexity index is 828. The molecule has 3 nitrogen and oxygen atoms in total. The molecule has 0 spiro atoms. The van der Waals surface area contributed by atoms with Gasteiger partial charge in [0.2, 0.25) is 0 Å². The van der Waals surface area contributed by atoms with Crippen LogP contribution in [0.3, 0.4) is 0 Å². The summed E-state index contributed by atoms with van der Waals surface area (Å²) in [6.07, 6.45) is 1.33. The van der Waals surface area contributed by atoms with Crippen LogP contribution in [-0.4, -0.2) is 9.78 Å². The Labute approximate surface area is 126 Å². The number of rotatable bonds is 2. The molecule has 0 amide bonds. The summed E-state index contributed by atoms with van der Waals surface area (Å²) in [4.78, 5) is 0. The van der Waals surface area contributed by atoms with Gasteiger partial charge in [-0.15, -0.1) is 11.3 Å². The Morgan fingerprint density at radius 1 is 1.10 bits per heavy atom. The molecule has 21 heavy (non-hydrogen) atoms. The minimum Gasteiger partial charge on any atom is -0.396 e. The van der Waals surface area contributed by atoms with Crippen molar-refractivity contribution >= 4 is 28.6 Å². The van der Waals surface area contributed by atoms with Crippen LogP contribution < -0.4 is 5.73 Å². The third-order valence-corrected chi connectivity index (χ3v) is 3.91. The van der Waals surface area contributed by atoms with Gasteiger partial charge in [-0.25, -0.2) is 17.9 Å². The van der Waals surface area contributed by atoms with E-state index in [4.69, 9.17) is 17.3 Å². The van der Waals surface area contributed by atoms with Gasteiger partial charge in [0.05, 0.1) is 16.2 Å². The SMILES string of the molecule is Nc1cn(-c2cc(F)c(F)cc2F)nc1-c1csc(Cl)c1. The highest BCUT2D eigenvalue weighted by molar-refractivity contribution is 7.14. The van der Waals surface area contributed by atoms with Crippen LogP contribution in [0.15, 0.2) is 29.8 Å². The van der Waals surface area contributed by atoms with Gasteiger partial charge in [-0.1, -0.05) is 11.6 Å². The van der Waals surface area contributed by atoms with Crippen molar-refractivity contribution in [2.24, 2.45) is 0 Å². The number of thiophene rings is 1. The van der Waals surface area contributed by atoms with E-state index in [2.05, 4.69) is 5.10 Å². The first-order valence-electron chi connectivity index (χ1n) is 5.70. The number of anilines is 1. The fraction of sp³-hybridized carbons (Fsp3) is 0. The minimum atomic E-state index is -1.26. The van der Waals surface area contributed by atoms with Crippen LogP contribution in [0.1, 0.15) is 0 Å². The first-order valence-corrected chi connectivity index (χ1v) is 6.96. The molecule has 0 aliphatic rings. The number of nitrogen functional groups attached to an aromatic ring is 1. The van der Waals surface area contributed by atoms with E-state index >= 15 is 0 Å². The largest absolute Gasteiger partial charge is 0.396 e. The second kappa shape index (κ2) is 5.09. The Morgan fingerprint density at radius 2 is 1.81 bits per heavy atom. The fourth-order valence-corrected chi connectivity index (χ4v) is 2.72. The summed E-state index contributed by atoms with van der Waals surface area (Å²) in [6.45, 7) is 0. The van der Waals surface area contributed by atoms with E-state index in [1.807, 2.05) is 0 Å². The molecule has 108 valence electrons. The number of hydrogen-bond acceptors (Lipinski definition) is 3. The summed E-state index contributed by atoms with van der Waals surface area (Å²) in [6, 6.07) is 2.85. The number of nitrogens with two attached hydrogens (primary N) is 1. The predicted molar refractivity (Wildman–Crippen MR) is 76.2 cm³/mol. The van der Waals surface area contributed by atoms with E-state index in [-0.39, 0.29) is 11.4 Å². The number of hydrogen-bond donors (Lipinski definition) is 1. The van der Waals surface area contributed by atoms with Crippen LogP contribution in [-0.2, 0) is 0 Å². The Kier molecular flexibility index (Phi) is 3.38. The van der Waals surface area contributed by atoms with Crippen molar-refractivity contribution in [2.75, 3.05) is 5.73 Å². The Hall–Kier alpha value is -1.99. The van der Waals surface area contributed by atoms with E-state index in [0.717, 1.165) is 10.7 Å². The third-order valence-electron chi connectivity index (χ3n) is 2.82. The molecule has 2 heterocycles. The van der Waals surface area contributed by atoms with Crippen molar-refractivity contribution in [1.82, 2.24) is 9.78 Å². The highest BCUT2D eigenvalue weighted by Gasteiger charge is 2.16. The molecule has 0 radical (unpaired) electrons. The van der Waals surface area contributed by atoms with Gasteiger partial charge in [0, 0.05) is 23.1 Å². The van der Waals surface area contributed by atoms with Crippen LogP contribution in [0, 0.1) is 17.5 Å². The topological polar surface area (TPSA) is 43.8 Å². The maximum atomic E-state index is 13.7.